The number of alkyl carbamates (subject to hydrolysis) is 1. The smallest absolute Gasteiger partial charge is 0.408 e. The molecular formula is C33H42N4O5. The average molecular weight is 575 g/mol. The van der Waals surface area contributed by atoms with Gasteiger partial charge in [0.15, 0.2) is 0 Å². The second-order valence-corrected chi connectivity index (χ2v) is 11.7. The molecule has 224 valence electrons. The van der Waals surface area contributed by atoms with Crippen molar-refractivity contribution in [1.82, 2.24) is 10.2 Å². The van der Waals surface area contributed by atoms with Crippen LogP contribution in [-0.2, 0) is 19.1 Å². The average Bonchev–Trinajstić information content (AvgIpc) is 2.90. The van der Waals surface area contributed by atoms with Crippen molar-refractivity contribution >= 4 is 40.3 Å². The zero-order valence-electron chi connectivity index (χ0n) is 25.5. The quantitative estimate of drug-likeness (QED) is 0.293. The summed E-state index contributed by atoms with van der Waals surface area (Å²) in [4.78, 5) is 54.7. The molecule has 42 heavy (non-hydrogen) atoms. The number of amides is 4. The molecule has 3 rings (SSSR count). The summed E-state index contributed by atoms with van der Waals surface area (Å²) in [5.74, 6) is -1.83. The van der Waals surface area contributed by atoms with Crippen LogP contribution in [0.25, 0.3) is 10.8 Å². The summed E-state index contributed by atoms with van der Waals surface area (Å²) in [6, 6.07) is 16.3. The van der Waals surface area contributed by atoms with Gasteiger partial charge in [-0.3, -0.25) is 14.4 Å². The minimum absolute atomic E-state index is 0.428. The minimum Gasteiger partial charge on any atom is -0.444 e. The van der Waals surface area contributed by atoms with E-state index in [0.717, 1.165) is 21.9 Å². The number of nitrogens with one attached hydrogen (secondary N) is 2. The number of hydrogen-bond donors (Lipinski definition) is 3. The van der Waals surface area contributed by atoms with E-state index in [0.29, 0.717) is 17.7 Å². The molecule has 0 bridgehead atoms. The van der Waals surface area contributed by atoms with Gasteiger partial charge in [0.05, 0.1) is 6.42 Å². The van der Waals surface area contributed by atoms with Gasteiger partial charge in [-0.15, -0.1) is 0 Å². The fraction of sp³-hybridized carbons (Fsp3) is 0.394. The van der Waals surface area contributed by atoms with Gasteiger partial charge in [0, 0.05) is 11.7 Å². The molecule has 0 fully saturated rings. The summed E-state index contributed by atoms with van der Waals surface area (Å²) in [5, 5.41) is 7.51. The van der Waals surface area contributed by atoms with E-state index in [1.807, 2.05) is 88.4 Å². The summed E-state index contributed by atoms with van der Waals surface area (Å²) >= 11 is 0. The van der Waals surface area contributed by atoms with Gasteiger partial charge in [-0.05, 0) is 82.0 Å². The Morgan fingerprint density at radius 1 is 0.952 bits per heavy atom. The fourth-order valence-electron chi connectivity index (χ4n) is 4.78. The highest BCUT2D eigenvalue weighted by atomic mass is 16.6. The summed E-state index contributed by atoms with van der Waals surface area (Å²) in [6.45, 7) is 12.6. The Labute approximate surface area is 247 Å². The van der Waals surface area contributed by atoms with Crippen molar-refractivity contribution in [3.8, 4) is 0 Å². The number of carbonyl (C=O) groups is 4. The second-order valence-electron chi connectivity index (χ2n) is 11.7. The molecule has 0 saturated heterocycles. The number of benzene rings is 3. The predicted octanol–water partition coefficient (Wildman–Crippen LogP) is 5.53. The van der Waals surface area contributed by atoms with Crippen LogP contribution in [0.4, 0.5) is 10.5 Å². The number of nitrogens with zero attached hydrogens (tertiary/aromatic N) is 1. The lowest BCUT2D eigenvalue weighted by molar-refractivity contribution is -0.144. The van der Waals surface area contributed by atoms with Crippen LogP contribution in [0.1, 0.15) is 70.2 Å². The van der Waals surface area contributed by atoms with Gasteiger partial charge in [0.1, 0.15) is 17.7 Å². The van der Waals surface area contributed by atoms with Crippen molar-refractivity contribution in [2.24, 2.45) is 5.73 Å². The first-order chi connectivity index (χ1) is 19.7. The molecule has 0 aliphatic heterocycles. The van der Waals surface area contributed by atoms with Crippen LogP contribution < -0.4 is 16.4 Å². The summed E-state index contributed by atoms with van der Waals surface area (Å²) in [7, 11) is 0. The number of primary amides is 1. The maximum absolute atomic E-state index is 14.3. The highest BCUT2D eigenvalue weighted by molar-refractivity contribution is 6.01. The molecule has 4 N–H and O–H groups in total. The van der Waals surface area contributed by atoms with Gasteiger partial charge in [-0.25, -0.2) is 4.79 Å². The lowest BCUT2D eigenvalue weighted by Crippen LogP contribution is -2.55. The van der Waals surface area contributed by atoms with Gasteiger partial charge in [-0.1, -0.05) is 61.0 Å². The third-order valence-corrected chi connectivity index (χ3v) is 6.99. The SMILES string of the molecule is CCC(C)N(C(=O)C(CC(N)=O)NC(=O)OC(C)(C)C)C(C(=O)Nc1ccc2ccccc2c1)c1cc(C)ccc1C. The Bertz CT molecular complexity index is 1460. The standard InChI is InChI=1S/C33H42N4O5/c1-8-22(4)37(31(40)27(19-28(34)38)36-32(41)42-33(5,6)7)29(26-17-20(2)13-14-21(26)3)30(39)35-25-16-15-23-11-9-10-12-24(23)18-25/h9-18,22,27,29H,8,19H2,1-7H3,(H2,34,38)(H,35,39)(H,36,41). The third-order valence-electron chi connectivity index (χ3n) is 6.99. The highest BCUT2D eigenvalue weighted by Gasteiger charge is 2.39. The lowest BCUT2D eigenvalue weighted by Gasteiger charge is -2.38. The monoisotopic (exact) mass is 574 g/mol. The molecule has 0 saturated carbocycles. The van der Waals surface area contributed by atoms with Gasteiger partial charge in [0.2, 0.25) is 11.8 Å². The number of carbonyl (C=O) groups excluding carboxylic acids is 4. The number of fused-ring (bicyclic) bond motifs is 1. The topological polar surface area (TPSA) is 131 Å². The van der Waals surface area contributed by atoms with Crippen molar-refractivity contribution in [3.63, 3.8) is 0 Å². The molecule has 4 amide bonds. The molecule has 0 aliphatic rings. The molecule has 3 aromatic carbocycles. The first-order valence-electron chi connectivity index (χ1n) is 14.2. The normalized spacial score (nSPS) is 13.5. The van der Waals surface area contributed by atoms with E-state index in [-0.39, 0.29) is 0 Å². The maximum atomic E-state index is 14.3. The number of anilines is 1. The minimum atomic E-state index is -1.34. The van der Waals surface area contributed by atoms with E-state index in [9.17, 15) is 19.2 Å². The number of ether oxygens (including phenoxy) is 1. The number of nitrogens with two attached hydrogens (primary N) is 1. The molecular weight excluding hydrogens is 532 g/mol. The molecule has 9 heteroatoms. The Hall–Kier alpha value is -4.40. The molecule has 3 atom stereocenters. The van der Waals surface area contributed by atoms with Gasteiger partial charge >= 0.3 is 6.09 Å². The molecule has 0 aliphatic carbocycles. The third kappa shape index (κ3) is 8.31. The molecule has 3 aromatic rings. The van der Waals surface area contributed by atoms with Crippen molar-refractivity contribution in [1.29, 1.82) is 0 Å². The van der Waals surface area contributed by atoms with Crippen LogP contribution in [0, 0.1) is 13.8 Å². The summed E-state index contributed by atoms with van der Waals surface area (Å²) in [5.41, 5.74) is 7.61. The first-order valence-corrected chi connectivity index (χ1v) is 14.2. The van der Waals surface area contributed by atoms with Crippen LogP contribution in [-0.4, -0.2) is 46.4 Å². The molecule has 0 radical (unpaired) electrons. The molecule has 0 heterocycles. The van der Waals surface area contributed by atoms with E-state index < -0.39 is 54.0 Å². The molecule has 0 aromatic heterocycles. The predicted molar refractivity (Wildman–Crippen MR) is 165 cm³/mol. The number of aryl methyl sites for hydroxylation is 2. The highest BCUT2D eigenvalue weighted by Crippen LogP contribution is 2.31. The van der Waals surface area contributed by atoms with Crippen molar-refractivity contribution in [2.75, 3.05) is 5.32 Å². The largest absolute Gasteiger partial charge is 0.444 e. The van der Waals surface area contributed by atoms with E-state index >= 15 is 0 Å². The Kier molecular flexibility index (Phi) is 10.3. The van der Waals surface area contributed by atoms with Crippen LogP contribution >= 0.6 is 0 Å². The molecule has 3 unspecified atom stereocenters. The molecule has 9 nitrogen and oxygen atoms in total. The zero-order chi connectivity index (χ0) is 31.2. The summed E-state index contributed by atoms with van der Waals surface area (Å²) in [6.07, 6.45) is -0.821. The number of hydrogen-bond acceptors (Lipinski definition) is 5. The van der Waals surface area contributed by atoms with Gasteiger partial charge < -0.3 is 26.0 Å². The van der Waals surface area contributed by atoms with Crippen LogP contribution in [0.15, 0.2) is 60.7 Å². The Morgan fingerprint density at radius 3 is 2.24 bits per heavy atom. The van der Waals surface area contributed by atoms with E-state index in [4.69, 9.17) is 10.5 Å². The van der Waals surface area contributed by atoms with Crippen LogP contribution in [0.5, 0.6) is 0 Å². The van der Waals surface area contributed by atoms with Gasteiger partial charge in [0.25, 0.3) is 5.91 Å². The van der Waals surface area contributed by atoms with E-state index in [2.05, 4.69) is 10.6 Å². The van der Waals surface area contributed by atoms with E-state index in [1.165, 1.54) is 4.90 Å². The summed E-state index contributed by atoms with van der Waals surface area (Å²) < 4.78 is 5.36. The number of rotatable bonds is 10. The van der Waals surface area contributed by atoms with Crippen LogP contribution in [0.2, 0.25) is 0 Å². The first kappa shape index (κ1) is 32.1. The van der Waals surface area contributed by atoms with E-state index in [1.54, 1.807) is 20.8 Å². The molecule has 0 spiro atoms. The van der Waals surface area contributed by atoms with Crippen molar-refractivity contribution in [2.45, 2.75) is 85.0 Å². The van der Waals surface area contributed by atoms with Crippen molar-refractivity contribution in [3.05, 3.63) is 77.4 Å². The van der Waals surface area contributed by atoms with Crippen LogP contribution in [0.3, 0.4) is 0 Å². The van der Waals surface area contributed by atoms with Gasteiger partial charge in [-0.2, -0.15) is 0 Å². The maximum Gasteiger partial charge on any atom is 0.408 e. The zero-order valence-corrected chi connectivity index (χ0v) is 25.5. The fourth-order valence-corrected chi connectivity index (χ4v) is 4.78. The van der Waals surface area contributed by atoms with Crippen molar-refractivity contribution < 1.29 is 23.9 Å². The Balaban J connectivity index is 2.10. The Morgan fingerprint density at radius 2 is 1.62 bits per heavy atom. The second kappa shape index (κ2) is 13.5. The lowest BCUT2D eigenvalue weighted by atomic mass is 9.94.